The van der Waals surface area contributed by atoms with Crippen molar-refractivity contribution in [1.29, 1.82) is 0 Å². The predicted octanol–water partition coefficient (Wildman–Crippen LogP) is 2.97. The summed E-state index contributed by atoms with van der Waals surface area (Å²) in [6.45, 7) is 4.97. The molecule has 0 radical (unpaired) electrons. The van der Waals surface area contributed by atoms with E-state index in [1.807, 2.05) is 25.1 Å². The van der Waals surface area contributed by atoms with Gasteiger partial charge in [-0.25, -0.2) is 8.42 Å². The number of rotatable bonds is 3. The zero-order valence-electron chi connectivity index (χ0n) is 18.1. The van der Waals surface area contributed by atoms with Gasteiger partial charge in [-0.1, -0.05) is 17.7 Å². The number of amides is 1. The molecule has 2 aromatic rings. The third-order valence-corrected chi connectivity index (χ3v) is 7.89. The molecule has 0 saturated carbocycles. The number of benzene rings is 2. The Morgan fingerprint density at radius 2 is 1.87 bits per heavy atom. The first-order valence-corrected chi connectivity index (χ1v) is 11.8. The van der Waals surface area contributed by atoms with Gasteiger partial charge in [0.1, 0.15) is 17.1 Å². The Labute approximate surface area is 183 Å². The molecule has 4 rings (SSSR count). The van der Waals surface area contributed by atoms with E-state index in [2.05, 4.69) is 0 Å². The number of fused-ring (bicyclic) bond motifs is 1. The average molecular weight is 445 g/mol. The largest absolute Gasteiger partial charge is 0.497 e. The van der Waals surface area contributed by atoms with E-state index in [0.717, 1.165) is 16.9 Å². The molecule has 8 heteroatoms. The quantitative estimate of drug-likeness (QED) is 0.728. The second kappa shape index (κ2) is 8.16. The second-order valence-corrected chi connectivity index (χ2v) is 10.3. The number of sulfonamides is 1. The van der Waals surface area contributed by atoms with E-state index < -0.39 is 15.6 Å². The molecule has 1 spiro atoms. The van der Waals surface area contributed by atoms with Gasteiger partial charge in [-0.15, -0.1) is 0 Å². The molecule has 2 heterocycles. The summed E-state index contributed by atoms with van der Waals surface area (Å²) in [5, 5.41) is 0. The van der Waals surface area contributed by atoms with Crippen LogP contribution >= 0.6 is 0 Å². The lowest BCUT2D eigenvalue weighted by molar-refractivity contribution is -0.132. The SMILES string of the molecule is COc1ccc(S(=O)(=O)N2CCC[C@@]3(CN(C(C)=O)Cc4cc(C)ccc4O3)C2)cc1. The number of ether oxygens (including phenoxy) is 2. The van der Waals surface area contributed by atoms with Gasteiger partial charge >= 0.3 is 0 Å². The first-order valence-electron chi connectivity index (χ1n) is 10.4. The molecule has 2 aliphatic heterocycles. The second-order valence-electron chi connectivity index (χ2n) is 8.39. The summed E-state index contributed by atoms with van der Waals surface area (Å²) < 4.78 is 39.8. The molecule has 1 fully saturated rings. The van der Waals surface area contributed by atoms with Crippen LogP contribution in [0.1, 0.15) is 30.9 Å². The highest BCUT2D eigenvalue weighted by Crippen LogP contribution is 2.36. The van der Waals surface area contributed by atoms with Crippen molar-refractivity contribution in [3.05, 3.63) is 53.6 Å². The normalized spacial score (nSPS) is 21.8. The summed E-state index contributed by atoms with van der Waals surface area (Å²) in [7, 11) is -2.16. The van der Waals surface area contributed by atoms with Crippen LogP contribution in [-0.4, -0.2) is 55.9 Å². The van der Waals surface area contributed by atoms with Crippen molar-refractivity contribution in [2.75, 3.05) is 26.7 Å². The Balaban J connectivity index is 1.67. The summed E-state index contributed by atoms with van der Waals surface area (Å²) in [5.74, 6) is 1.27. The number of carbonyl (C=O) groups excluding carboxylic acids is 1. The van der Waals surface area contributed by atoms with Crippen LogP contribution in [0.15, 0.2) is 47.4 Å². The van der Waals surface area contributed by atoms with Crippen LogP contribution in [0.5, 0.6) is 11.5 Å². The van der Waals surface area contributed by atoms with E-state index in [0.29, 0.717) is 38.2 Å². The molecule has 1 atom stereocenters. The van der Waals surface area contributed by atoms with E-state index in [-0.39, 0.29) is 17.3 Å². The minimum atomic E-state index is -3.70. The number of hydrogen-bond donors (Lipinski definition) is 0. The third kappa shape index (κ3) is 4.27. The van der Waals surface area contributed by atoms with Gasteiger partial charge in [0.2, 0.25) is 15.9 Å². The molecular weight excluding hydrogens is 416 g/mol. The van der Waals surface area contributed by atoms with Crippen LogP contribution in [0.4, 0.5) is 0 Å². The smallest absolute Gasteiger partial charge is 0.243 e. The lowest BCUT2D eigenvalue weighted by Crippen LogP contribution is -2.58. The van der Waals surface area contributed by atoms with Gasteiger partial charge < -0.3 is 14.4 Å². The molecular formula is C23H28N2O5S. The Morgan fingerprint density at radius 1 is 1.13 bits per heavy atom. The zero-order valence-corrected chi connectivity index (χ0v) is 18.9. The minimum Gasteiger partial charge on any atom is -0.497 e. The maximum Gasteiger partial charge on any atom is 0.243 e. The molecule has 31 heavy (non-hydrogen) atoms. The first-order chi connectivity index (χ1) is 14.7. The van der Waals surface area contributed by atoms with E-state index in [1.54, 1.807) is 43.2 Å². The van der Waals surface area contributed by atoms with Crippen molar-refractivity contribution in [1.82, 2.24) is 9.21 Å². The van der Waals surface area contributed by atoms with Gasteiger partial charge in [-0.05, 0) is 50.1 Å². The van der Waals surface area contributed by atoms with E-state index in [1.165, 1.54) is 4.31 Å². The lowest BCUT2D eigenvalue weighted by atomic mass is 9.93. The average Bonchev–Trinajstić information content (AvgIpc) is 2.90. The van der Waals surface area contributed by atoms with Crippen LogP contribution in [0.2, 0.25) is 0 Å². The molecule has 0 aliphatic carbocycles. The minimum absolute atomic E-state index is 0.0486. The number of hydrogen-bond acceptors (Lipinski definition) is 5. The molecule has 0 aromatic heterocycles. The highest BCUT2D eigenvalue weighted by atomic mass is 32.2. The van der Waals surface area contributed by atoms with Crippen LogP contribution in [-0.2, 0) is 21.4 Å². The summed E-state index contributed by atoms with van der Waals surface area (Å²) in [6.07, 6.45) is 1.33. The van der Waals surface area contributed by atoms with E-state index in [4.69, 9.17) is 9.47 Å². The Kier molecular flexibility index (Phi) is 5.70. The number of carbonyl (C=O) groups is 1. The van der Waals surface area contributed by atoms with Crippen molar-refractivity contribution in [3.63, 3.8) is 0 Å². The van der Waals surface area contributed by atoms with Gasteiger partial charge in [0.05, 0.1) is 25.1 Å². The summed E-state index contributed by atoms with van der Waals surface area (Å²) in [6, 6.07) is 12.3. The molecule has 166 valence electrons. The standard InChI is InChI=1S/C23H28N2O5S/c1-17-5-10-22-19(13-17)14-24(18(2)26)15-23(30-22)11-4-12-25(16-23)31(27,28)21-8-6-20(29-3)7-9-21/h5-10,13H,4,11-12,14-16H2,1-3H3/t23-/m1/s1. The molecule has 2 aliphatic rings. The Hall–Kier alpha value is -2.58. The fourth-order valence-corrected chi connectivity index (χ4v) is 5.95. The first kappa shape index (κ1) is 21.6. The molecule has 7 nitrogen and oxygen atoms in total. The topological polar surface area (TPSA) is 76.2 Å². The number of nitrogens with zero attached hydrogens (tertiary/aromatic N) is 2. The Morgan fingerprint density at radius 3 is 2.55 bits per heavy atom. The molecule has 1 saturated heterocycles. The molecule has 0 N–H and O–H groups in total. The molecule has 1 amide bonds. The lowest BCUT2D eigenvalue weighted by Gasteiger charge is -2.43. The number of piperidine rings is 1. The monoisotopic (exact) mass is 444 g/mol. The Bertz CT molecular complexity index is 1080. The van der Waals surface area contributed by atoms with E-state index >= 15 is 0 Å². The highest BCUT2D eigenvalue weighted by Gasteiger charge is 2.45. The summed E-state index contributed by atoms with van der Waals surface area (Å²) >= 11 is 0. The summed E-state index contributed by atoms with van der Waals surface area (Å²) in [5.41, 5.74) is 1.25. The molecule has 0 unspecified atom stereocenters. The van der Waals surface area contributed by atoms with Crippen LogP contribution in [0, 0.1) is 6.92 Å². The van der Waals surface area contributed by atoms with Crippen LogP contribution in [0.25, 0.3) is 0 Å². The van der Waals surface area contributed by atoms with Gasteiger partial charge in [0.25, 0.3) is 0 Å². The number of aryl methyl sites for hydroxylation is 1. The maximum atomic E-state index is 13.4. The summed E-state index contributed by atoms with van der Waals surface area (Å²) in [4.78, 5) is 14.3. The van der Waals surface area contributed by atoms with Crippen molar-refractivity contribution >= 4 is 15.9 Å². The van der Waals surface area contributed by atoms with Crippen molar-refractivity contribution < 1.29 is 22.7 Å². The fraction of sp³-hybridized carbons (Fsp3) is 0.435. The number of methoxy groups -OCH3 is 1. The van der Waals surface area contributed by atoms with E-state index in [9.17, 15) is 13.2 Å². The zero-order chi connectivity index (χ0) is 22.2. The van der Waals surface area contributed by atoms with Crippen molar-refractivity contribution in [2.24, 2.45) is 0 Å². The maximum absolute atomic E-state index is 13.4. The van der Waals surface area contributed by atoms with Crippen molar-refractivity contribution in [3.8, 4) is 11.5 Å². The molecule has 2 aromatic carbocycles. The predicted molar refractivity (Wildman–Crippen MR) is 117 cm³/mol. The van der Waals surface area contributed by atoms with Crippen LogP contribution < -0.4 is 9.47 Å². The fourth-order valence-electron chi connectivity index (χ4n) is 4.40. The highest BCUT2D eigenvalue weighted by molar-refractivity contribution is 7.89. The van der Waals surface area contributed by atoms with Gasteiger partial charge in [-0.2, -0.15) is 4.31 Å². The third-order valence-electron chi connectivity index (χ3n) is 6.03. The molecule has 0 bridgehead atoms. The van der Waals surface area contributed by atoms with Crippen LogP contribution in [0.3, 0.4) is 0 Å². The van der Waals surface area contributed by atoms with Gasteiger partial charge in [0.15, 0.2) is 0 Å². The van der Waals surface area contributed by atoms with Crippen molar-refractivity contribution in [2.45, 2.75) is 43.7 Å². The van der Waals surface area contributed by atoms with Gasteiger partial charge in [-0.3, -0.25) is 4.79 Å². The van der Waals surface area contributed by atoms with Gasteiger partial charge in [0, 0.05) is 25.6 Å².